The van der Waals surface area contributed by atoms with Gasteiger partial charge in [0, 0.05) is 30.3 Å². The number of nitrogens with one attached hydrogen (secondary N) is 2. The Morgan fingerprint density at radius 2 is 1.51 bits per heavy atom. The first-order valence-corrected chi connectivity index (χ1v) is 11.0. The fourth-order valence-corrected chi connectivity index (χ4v) is 3.49. The predicted molar refractivity (Wildman–Crippen MR) is 132 cm³/mol. The topological polar surface area (TPSA) is 110 Å². The average Bonchev–Trinajstić information content (AvgIpc) is 2.83. The Hall–Kier alpha value is -4.59. The van der Waals surface area contributed by atoms with Gasteiger partial charge in [-0.05, 0) is 67.9 Å². The van der Waals surface area contributed by atoms with Crippen molar-refractivity contribution in [3.8, 4) is 5.75 Å². The number of amides is 2. The molecule has 0 saturated carbocycles. The van der Waals surface area contributed by atoms with Crippen molar-refractivity contribution >= 4 is 34.5 Å². The lowest BCUT2D eigenvalue weighted by Crippen LogP contribution is -2.23. The van der Waals surface area contributed by atoms with Crippen LogP contribution in [-0.2, 0) is 11.3 Å². The third kappa shape index (κ3) is 5.86. The Labute approximate surface area is 202 Å². The van der Waals surface area contributed by atoms with Gasteiger partial charge in [0.15, 0.2) is 0 Å². The van der Waals surface area contributed by atoms with Crippen molar-refractivity contribution in [2.45, 2.75) is 27.3 Å². The number of nitrogens with zero attached hydrogens (tertiary/aromatic N) is 2. The van der Waals surface area contributed by atoms with E-state index < -0.39 is 5.97 Å². The summed E-state index contributed by atoms with van der Waals surface area (Å²) in [7, 11) is 0. The van der Waals surface area contributed by atoms with E-state index in [-0.39, 0.29) is 18.4 Å². The number of aryl methyl sites for hydroxylation is 2. The van der Waals surface area contributed by atoms with Crippen LogP contribution in [0.15, 0.2) is 66.7 Å². The van der Waals surface area contributed by atoms with Gasteiger partial charge in [0.2, 0.25) is 0 Å². The van der Waals surface area contributed by atoms with E-state index in [2.05, 4.69) is 20.6 Å². The highest BCUT2D eigenvalue weighted by atomic mass is 16.5. The number of esters is 1. The zero-order valence-corrected chi connectivity index (χ0v) is 19.6. The van der Waals surface area contributed by atoms with Crippen LogP contribution in [0.2, 0.25) is 0 Å². The number of fused-ring (bicyclic) bond motifs is 1. The summed E-state index contributed by atoms with van der Waals surface area (Å²) in [4.78, 5) is 45.5. The summed E-state index contributed by atoms with van der Waals surface area (Å²) in [6.07, 6.45) is 0. The van der Waals surface area contributed by atoms with Crippen molar-refractivity contribution in [2.24, 2.45) is 0 Å². The Kier molecular flexibility index (Phi) is 6.82. The largest absolute Gasteiger partial charge is 0.427 e. The number of aromatic nitrogens is 2. The molecular weight excluding hydrogens is 444 g/mol. The van der Waals surface area contributed by atoms with Crippen LogP contribution < -0.4 is 15.4 Å². The maximum absolute atomic E-state index is 12.8. The minimum absolute atomic E-state index is 0.254. The predicted octanol–water partition coefficient (Wildman–Crippen LogP) is 4.35. The molecule has 0 unspecified atom stereocenters. The van der Waals surface area contributed by atoms with E-state index in [4.69, 9.17) is 4.74 Å². The molecule has 176 valence electrons. The first-order chi connectivity index (χ1) is 16.8. The first kappa shape index (κ1) is 23.6. The fraction of sp³-hybridized carbons (Fsp3) is 0.148. The molecule has 0 radical (unpaired) electrons. The summed E-state index contributed by atoms with van der Waals surface area (Å²) in [5.41, 5.74) is 5.33. The smallest absolute Gasteiger partial charge is 0.308 e. The standard InChI is InChI=1S/C27H24N4O4/c1-16-17(2)30-25-14-21(10-11-24(25)29-16)27(34)31-22-8-4-6-19(12-22)15-28-26(33)20-7-5-9-23(13-20)35-18(3)32/h4-14H,15H2,1-3H3,(H,28,33)(H,31,34). The molecule has 35 heavy (non-hydrogen) atoms. The number of ether oxygens (including phenoxy) is 1. The van der Waals surface area contributed by atoms with Gasteiger partial charge in [-0.2, -0.15) is 0 Å². The van der Waals surface area contributed by atoms with Gasteiger partial charge in [0.05, 0.1) is 22.4 Å². The molecule has 8 nitrogen and oxygen atoms in total. The molecule has 0 atom stereocenters. The van der Waals surface area contributed by atoms with Gasteiger partial charge < -0.3 is 15.4 Å². The minimum atomic E-state index is -0.455. The summed E-state index contributed by atoms with van der Waals surface area (Å²) >= 11 is 0. The summed E-state index contributed by atoms with van der Waals surface area (Å²) in [6.45, 7) is 5.34. The number of hydrogen-bond donors (Lipinski definition) is 2. The van der Waals surface area contributed by atoms with Crippen LogP contribution >= 0.6 is 0 Å². The molecule has 0 aliphatic heterocycles. The number of carbonyl (C=O) groups is 3. The Morgan fingerprint density at radius 3 is 2.29 bits per heavy atom. The maximum atomic E-state index is 12.8. The van der Waals surface area contributed by atoms with E-state index in [0.29, 0.717) is 28.1 Å². The average molecular weight is 469 g/mol. The van der Waals surface area contributed by atoms with Crippen molar-refractivity contribution in [3.05, 3.63) is 94.8 Å². The van der Waals surface area contributed by atoms with E-state index >= 15 is 0 Å². The van der Waals surface area contributed by atoms with Crippen LogP contribution in [-0.4, -0.2) is 27.8 Å². The molecule has 0 spiro atoms. The van der Waals surface area contributed by atoms with Crippen molar-refractivity contribution in [1.29, 1.82) is 0 Å². The van der Waals surface area contributed by atoms with Gasteiger partial charge in [0.1, 0.15) is 5.75 Å². The number of anilines is 1. The van der Waals surface area contributed by atoms with Crippen molar-refractivity contribution in [3.63, 3.8) is 0 Å². The van der Waals surface area contributed by atoms with Gasteiger partial charge in [-0.25, -0.2) is 9.97 Å². The Morgan fingerprint density at radius 1 is 0.800 bits per heavy atom. The lowest BCUT2D eigenvalue weighted by Gasteiger charge is -2.10. The highest BCUT2D eigenvalue weighted by Gasteiger charge is 2.11. The third-order valence-corrected chi connectivity index (χ3v) is 5.33. The zero-order chi connectivity index (χ0) is 24.9. The second kappa shape index (κ2) is 10.1. The van der Waals surface area contributed by atoms with Crippen LogP contribution in [0.1, 0.15) is 44.6 Å². The lowest BCUT2D eigenvalue weighted by atomic mass is 10.1. The van der Waals surface area contributed by atoms with E-state index in [9.17, 15) is 14.4 Å². The summed E-state index contributed by atoms with van der Waals surface area (Å²) < 4.78 is 5.03. The molecular formula is C27H24N4O4. The Bertz CT molecular complexity index is 1450. The molecule has 3 aromatic carbocycles. The van der Waals surface area contributed by atoms with E-state index in [0.717, 1.165) is 22.5 Å². The maximum Gasteiger partial charge on any atom is 0.308 e. The minimum Gasteiger partial charge on any atom is -0.427 e. The van der Waals surface area contributed by atoms with Crippen LogP contribution in [0.4, 0.5) is 5.69 Å². The second-order valence-electron chi connectivity index (χ2n) is 8.06. The van der Waals surface area contributed by atoms with Crippen molar-refractivity contribution in [1.82, 2.24) is 15.3 Å². The lowest BCUT2D eigenvalue weighted by molar-refractivity contribution is -0.131. The molecule has 1 heterocycles. The number of benzene rings is 3. The molecule has 4 aromatic rings. The van der Waals surface area contributed by atoms with Gasteiger partial charge in [-0.3, -0.25) is 14.4 Å². The van der Waals surface area contributed by atoms with E-state index in [1.807, 2.05) is 19.9 Å². The van der Waals surface area contributed by atoms with Crippen LogP contribution in [0.25, 0.3) is 11.0 Å². The van der Waals surface area contributed by atoms with Gasteiger partial charge in [0.25, 0.3) is 11.8 Å². The molecule has 8 heteroatoms. The van der Waals surface area contributed by atoms with E-state index in [1.54, 1.807) is 54.6 Å². The molecule has 2 N–H and O–H groups in total. The van der Waals surface area contributed by atoms with Crippen molar-refractivity contribution in [2.75, 3.05) is 5.32 Å². The summed E-state index contributed by atoms with van der Waals surface area (Å²) in [6, 6.07) is 18.8. The zero-order valence-electron chi connectivity index (χ0n) is 19.6. The normalized spacial score (nSPS) is 10.6. The monoisotopic (exact) mass is 468 g/mol. The van der Waals surface area contributed by atoms with Crippen LogP contribution in [0.3, 0.4) is 0 Å². The molecule has 2 amide bonds. The molecule has 0 aliphatic carbocycles. The molecule has 1 aromatic heterocycles. The van der Waals surface area contributed by atoms with Gasteiger partial charge in [-0.15, -0.1) is 0 Å². The molecule has 0 aliphatic rings. The molecule has 0 fully saturated rings. The molecule has 0 saturated heterocycles. The van der Waals surface area contributed by atoms with Crippen molar-refractivity contribution < 1.29 is 19.1 Å². The summed E-state index contributed by atoms with van der Waals surface area (Å²) in [5.74, 6) is -0.727. The first-order valence-electron chi connectivity index (χ1n) is 11.0. The second-order valence-corrected chi connectivity index (χ2v) is 8.06. The third-order valence-electron chi connectivity index (χ3n) is 5.33. The number of carbonyl (C=O) groups excluding carboxylic acids is 3. The highest BCUT2D eigenvalue weighted by Crippen LogP contribution is 2.18. The van der Waals surface area contributed by atoms with Crippen LogP contribution in [0.5, 0.6) is 5.75 Å². The van der Waals surface area contributed by atoms with Gasteiger partial charge >= 0.3 is 5.97 Å². The van der Waals surface area contributed by atoms with Gasteiger partial charge in [-0.1, -0.05) is 18.2 Å². The SMILES string of the molecule is CC(=O)Oc1cccc(C(=O)NCc2cccc(NC(=O)c3ccc4nc(C)c(C)nc4c3)c2)c1. The summed E-state index contributed by atoms with van der Waals surface area (Å²) in [5, 5.41) is 5.72. The van der Waals surface area contributed by atoms with E-state index in [1.165, 1.54) is 13.0 Å². The number of hydrogen-bond acceptors (Lipinski definition) is 6. The molecule has 4 rings (SSSR count). The molecule has 0 bridgehead atoms. The van der Waals surface area contributed by atoms with Crippen LogP contribution in [0, 0.1) is 13.8 Å². The fourth-order valence-electron chi connectivity index (χ4n) is 3.49. The quantitative estimate of drug-likeness (QED) is 0.321. The Balaban J connectivity index is 1.41. The highest BCUT2D eigenvalue weighted by molar-refractivity contribution is 6.06. The number of rotatable bonds is 6.